The zero-order valence-electron chi connectivity index (χ0n) is 11.4. The number of hydrogen-bond acceptors (Lipinski definition) is 4. The van der Waals surface area contributed by atoms with Crippen molar-refractivity contribution in [3.63, 3.8) is 0 Å². The molecule has 1 rings (SSSR count). The molecule has 0 aromatic heterocycles. The van der Waals surface area contributed by atoms with Gasteiger partial charge in [-0.2, -0.15) is 21.6 Å². The molecule has 1 atom stereocenters. The summed E-state index contributed by atoms with van der Waals surface area (Å²) in [6.07, 6.45) is -5.48. The molecule has 1 aromatic rings. The fraction of sp³-hybridized carbons (Fsp3) is 0.455. The van der Waals surface area contributed by atoms with E-state index in [2.05, 4.69) is 25.3 Å². The zero-order valence-corrected chi connectivity index (χ0v) is 16.1. The molecule has 13 heteroatoms. The van der Waals surface area contributed by atoms with E-state index >= 15 is 0 Å². The van der Waals surface area contributed by atoms with E-state index in [0.29, 0.717) is 6.07 Å². The molecule has 5 nitrogen and oxygen atoms in total. The maximum atomic E-state index is 12.9. The van der Waals surface area contributed by atoms with Gasteiger partial charge in [-0.3, -0.25) is 4.18 Å². The molecule has 0 heterocycles. The predicted octanol–water partition coefficient (Wildman–Crippen LogP) is 3.64. The minimum Gasteiger partial charge on any atom is -0.383 e. The summed E-state index contributed by atoms with van der Waals surface area (Å²) in [4.78, 5) is 0. The van der Waals surface area contributed by atoms with Crippen molar-refractivity contribution in [2.45, 2.75) is 22.0 Å². The molecule has 0 aliphatic heterocycles. The second-order valence-electron chi connectivity index (χ2n) is 4.80. The van der Waals surface area contributed by atoms with Crippen molar-refractivity contribution in [2.75, 3.05) is 6.61 Å². The van der Waals surface area contributed by atoms with Crippen molar-refractivity contribution >= 4 is 61.0 Å². The van der Waals surface area contributed by atoms with E-state index in [9.17, 15) is 26.7 Å². The first kappa shape index (κ1) is 22.2. The molecule has 0 fully saturated rings. The molecule has 0 saturated carbocycles. The van der Waals surface area contributed by atoms with Gasteiger partial charge in [0.2, 0.25) is 0 Å². The third kappa shape index (κ3) is 7.20. The quantitative estimate of drug-likeness (QED) is 0.611. The molecule has 0 aliphatic carbocycles. The number of hydrogen-bond donors (Lipinski definition) is 2. The highest BCUT2D eigenvalue weighted by Crippen LogP contribution is 2.42. The van der Waals surface area contributed by atoms with E-state index in [1.807, 2.05) is 0 Å². The number of aliphatic hydroxyl groups is 1. The highest BCUT2D eigenvalue weighted by atomic mass is 79.9. The summed E-state index contributed by atoms with van der Waals surface area (Å²) in [5.74, 6) is 0. The van der Waals surface area contributed by atoms with Crippen molar-refractivity contribution in [2.24, 2.45) is 5.14 Å². The van der Waals surface area contributed by atoms with Crippen LogP contribution >= 0.6 is 50.7 Å². The van der Waals surface area contributed by atoms with Gasteiger partial charge in [-0.25, -0.2) is 5.14 Å². The smallest absolute Gasteiger partial charge is 0.383 e. The van der Waals surface area contributed by atoms with Crippen molar-refractivity contribution in [3.8, 4) is 0 Å². The van der Waals surface area contributed by atoms with Gasteiger partial charge < -0.3 is 5.11 Å². The lowest BCUT2D eigenvalue weighted by Crippen LogP contribution is -2.38. The lowest BCUT2D eigenvalue weighted by atomic mass is 9.90. The summed E-state index contributed by atoms with van der Waals surface area (Å²) < 4.78 is 62.7. The lowest BCUT2D eigenvalue weighted by Gasteiger charge is -2.31. The zero-order chi connectivity index (χ0) is 19.0. The Morgan fingerprint density at radius 1 is 1.17 bits per heavy atom. The number of benzene rings is 1. The summed E-state index contributed by atoms with van der Waals surface area (Å²) in [6.45, 7) is -1.05. The molecule has 0 saturated heterocycles. The molecule has 138 valence electrons. The molecule has 24 heavy (non-hydrogen) atoms. The molecule has 0 radical (unpaired) electrons. The van der Waals surface area contributed by atoms with Crippen LogP contribution in [0.2, 0.25) is 0 Å². The number of rotatable bonds is 5. The molecule has 1 unspecified atom stereocenters. The van der Waals surface area contributed by atoms with Gasteiger partial charge in [-0.15, -0.1) is 0 Å². The van der Waals surface area contributed by atoms with Crippen LogP contribution in [-0.4, -0.2) is 23.9 Å². The van der Waals surface area contributed by atoms with Crippen molar-refractivity contribution in [3.05, 3.63) is 33.8 Å². The van der Waals surface area contributed by atoms with E-state index in [-0.39, 0.29) is 10.0 Å². The summed E-state index contributed by atoms with van der Waals surface area (Å²) in [5.41, 5.74) is -3.86. The first-order chi connectivity index (χ1) is 10.5. The number of nitrogens with two attached hydrogens (primary N) is 1. The molecule has 0 spiro atoms. The second-order valence-corrected chi connectivity index (χ2v) is 9.46. The van der Waals surface area contributed by atoms with Crippen LogP contribution in [0.3, 0.4) is 0 Å². The molecular weight excluding hydrogens is 485 g/mol. The Balaban J connectivity index is 3.41. The number of alkyl halides is 6. The summed E-state index contributed by atoms with van der Waals surface area (Å²) in [5, 5.41) is 15.3. The summed E-state index contributed by atoms with van der Waals surface area (Å²) in [7, 11) is -4.49. The summed E-state index contributed by atoms with van der Waals surface area (Å²) in [6, 6.07) is 2.46. The molecule has 0 aliphatic rings. The van der Waals surface area contributed by atoms with Gasteiger partial charge >= 0.3 is 16.5 Å². The summed E-state index contributed by atoms with van der Waals surface area (Å²) >= 11 is 19.6. The average Bonchev–Trinajstić information content (AvgIpc) is 2.32. The predicted molar refractivity (Wildman–Crippen MR) is 87.0 cm³/mol. The Morgan fingerprint density at radius 2 is 1.67 bits per heavy atom. The van der Waals surface area contributed by atoms with Gasteiger partial charge in [0.15, 0.2) is 3.79 Å². The Hall–Kier alpha value is 0.190. The van der Waals surface area contributed by atoms with Crippen molar-refractivity contribution in [1.82, 2.24) is 0 Å². The van der Waals surface area contributed by atoms with Gasteiger partial charge in [0.1, 0.15) is 12.2 Å². The van der Waals surface area contributed by atoms with Crippen LogP contribution in [0.15, 0.2) is 22.7 Å². The van der Waals surface area contributed by atoms with E-state index in [1.54, 1.807) is 0 Å². The third-order valence-electron chi connectivity index (χ3n) is 2.72. The standard InChI is InChI=1S/C11H10BrCl3F3NO4S/c12-8-2-6(1-7(3-8)11(16,17)18)9(20,4-10(13,14)15)5-23-24(19,21)22/h1-3,20H,4-5H2,(H2,19,21,22). The maximum absolute atomic E-state index is 12.9. The fourth-order valence-electron chi connectivity index (χ4n) is 1.77. The molecule has 1 aromatic carbocycles. The van der Waals surface area contributed by atoms with Gasteiger partial charge in [0.25, 0.3) is 0 Å². The highest BCUT2D eigenvalue weighted by molar-refractivity contribution is 9.10. The molecule has 0 amide bonds. The molecule has 3 N–H and O–H groups in total. The fourth-order valence-corrected chi connectivity index (χ4v) is 3.29. The first-order valence-electron chi connectivity index (χ1n) is 5.86. The van der Waals surface area contributed by atoms with Crippen LogP contribution in [0.5, 0.6) is 0 Å². The minimum absolute atomic E-state index is 0.0364. The lowest BCUT2D eigenvalue weighted by molar-refractivity contribution is -0.137. The normalized spacial score (nSPS) is 16.0. The Kier molecular flexibility index (Phi) is 6.89. The third-order valence-corrected chi connectivity index (χ3v) is 4.02. The van der Waals surface area contributed by atoms with E-state index < -0.39 is 44.5 Å². The second kappa shape index (κ2) is 7.43. The Morgan fingerprint density at radius 3 is 2.08 bits per heavy atom. The van der Waals surface area contributed by atoms with E-state index in [0.717, 1.165) is 12.1 Å². The van der Waals surface area contributed by atoms with Crippen LogP contribution in [-0.2, 0) is 26.3 Å². The van der Waals surface area contributed by atoms with Gasteiger partial charge in [0.05, 0.1) is 5.56 Å². The van der Waals surface area contributed by atoms with Crippen LogP contribution in [0.25, 0.3) is 0 Å². The topological polar surface area (TPSA) is 89.6 Å². The van der Waals surface area contributed by atoms with Crippen molar-refractivity contribution in [1.29, 1.82) is 0 Å². The number of halogens is 7. The Bertz CT molecular complexity index is 711. The van der Waals surface area contributed by atoms with Crippen LogP contribution in [0.4, 0.5) is 13.2 Å². The monoisotopic (exact) mass is 493 g/mol. The van der Waals surface area contributed by atoms with Crippen LogP contribution in [0, 0.1) is 0 Å². The van der Waals surface area contributed by atoms with Crippen molar-refractivity contribution < 1.29 is 30.9 Å². The SMILES string of the molecule is NS(=O)(=O)OCC(O)(CC(Cl)(Cl)Cl)c1cc(Br)cc(C(F)(F)F)c1. The first-order valence-corrected chi connectivity index (χ1v) is 9.26. The van der Waals surface area contributed by atoms with E-state index in [4.69, 9.17) is 34.8 Å². The molecular formula is C11H10BrCl3F3NO4S. The molecule has 0 bridgehead atoms. The van der Waals surface area contributed by atoms with Crippen LogP contribution in [0.1, 0.15) is 17.5 Å². The van der Waals surface area contributed by atoms with Crippen LogP contribution < -0.4 is 5.14 Å². The van der Waals surface area contributed by atoms with Gasteiger partial charge in [-0.05, 0) is 23.8 Å². The Labute approximate surface area is 159 Å². The highest BCUT2D eigenvalue weighted by Gasteiger charge is 2.41. The maximum Gasteiger partial charge on any atom is 0.416 e. The van der Waals surface area contributed by atoms with Gasteiger partial charge in [-0.1, -0.05) is 50.7 Å². The average molecular weight is 496 g/mol. The van der Waals surface area contributed by atoms with E-state index in [1.165, 1.54) is 0 Å². The minimum atomic E-state index is -4.72. The largest absolute Gasteiger partial charge is 0.416 e. The van der Waals surface area contributed by atoms with Gasteiger partial charge in [0, 0.05) is 10.9 Å².